The SMILES string of the molecule is COc1ccc(Cn2c(SC[C@H](NC(C)=O)C(=O)NCCOCCOCCOCCOCCOCCCCCCCl)nc3c(=O)[nH]c(N)nc32)cc1. The summed E-state index contributed by atoms with van der Waals surface area (Å²) in [5.74, 6) is 0.762. The second-order valence-electron chi connectivity index (χ2n) is 11.5. The van der Waals surface area contributed by atoms with Crippen molar-refractivity contribution in [3.8, 4) is 5.75 Å². The standard InChI is InChI=1S/C34H52ClN7O9S/c1-25(43)38-28(24-52-34-39-29-30(40-33(36)41-32(29)45)42(34)23-26-7-9-27(46-2)10-8-26)31(44)37-12-14-48-16-18-50-20-22-51-21-19-49-17-15-47-13-6-4-3-5-11-35/h7-10,28H,3-6,11-24H2,1-2H3,(H,37,44)(H,38,43)(H3,36,40,41,45)/t28-/m0/s1. The minimum atomic E-state index is -0.878. The molecule has 3 aromatic rings. The summed E-state index contributed by atoms with van der Waals surface area (Å²) in [6, 6.07) is 6.54. The van der Waals surface area contributed by atoms with Gasteiger partial charge in [-0.3, -0.25) is 23.9 Å². The molecule has 18 heteroatoms. The summed E-state index contributed by atoms with van der Waals surface area (Å²) in [4.78, 5) is 48.9. The number of methoxy groups -OCH3 is 1. The van der Waals surface area contributed by atoms with Crippen LogP contribution in [-0.4, -0.2) is 129 Å². The van der Waals surface area contributed by atoms with E-state index in [9.17, 15) is 14.4 Å². The molecule has 0 bridgehead atoms. The Morgan fingerprint density at radius 2 is 1.48 bits per heavy atom. The van der Waals surface area contributed by atoms with E-state index in [0.717, 1.165) is 43.7 Å². The fourth-order valence-electron chi connectivity index (χ4n) is 4.76. The number of alkyl halides is 1. The first-order valence-corrected chi connectivity index (χ1v) is 18.9. The van der Waals surface area contributed by atoms with Crippen LogP contribution in [0.4, 0.5) is 5.95 Å². The number of amides is 2. The van der Waals surface area contributed by atoms with Crippen LogP contribution in [0.15, 0.2) is 34.2 Å². The molecule has 0 spiro atoms. The quantitative estimate of drug-likeness (QED) is 0.0456. The molecule has 0 saturated carbocycles. The van der Waals surface area contributed by atoms with Crippen LogP contribution in [0.2, 0.25) is 0 Å². The van der Waals surface area contributed by atoms with Crippen molar-refractivity contribution in [3.05, 3.63) is 40.2 Å². The summed E-state index contributed by atoms with van der Waals surface area (Å²) < 4.78 is 34.6. The lowest BCUT2D eigenvalue weighted by Crippen LogP contribution is -2.48. The fraction of sp³-hybridized carbons (Fsp3) is 0.618. The second-order valence-corrected chi connectivity index (χ2v) is 12.8. The summed E-state index contributed by atoms with van der Waals surface area (Å²) in [7, 11) is 1.59. The van der Waals surface area contributed by atoms with Crippen molar-refractivity contribution >= 4 is 52.3 Å². The van der Waals surface area contributed by atoms with Gasteiger partial charge in [-0.25, -0.2) is 4.98 Å². The van der Waals surface area contributed by atoms with Gasteiger partial charge in [-0.05, 0) is 30.5 Å². The fourth-order valence-corrected chi connectivity index (χ4v) is 5.97. The molecule has 1 aromatic carbocycles. The van der Waals surface area contributed by atoms with E-state index in [1.54, 1.807) is 11.7 Å². The maximum absolute atomic E-state index is 13.0. The Balaban J connectivity index is 1.31. The number of nitrogen functional groups attached to an aromatic ring is 1. The molecular formula is C34H52ClN7O9S. The van der Waals surface area contributed by atoms with Gasteiger partial charge in [-0.1, -0.05) is 36.7 Å². The molecule has 0 fully saturated rings. The van der Waals surface area contributed by atoms with Crippen molar-refractivity contribution in [2.24, 2.45) is 0 Å². The maximum Gasteiger partial charge on any atom is 0.280 e. The summed E-state index contributed by atoms with van der Waals surface area (Å²) in [5, 5.41) is 5.91. The van der Waals surface area contributed by atoms with Crippen molar-refractivity contribution < 1.29 is 38.0 Å². The van der Waals surface area contributed by atoms with Crippen LogP contribution in [0.3, 0.4) is 0 Å². The van der Waals surface area contributed by atoms with Crippen LogP contribution >= 0.6 is 23.4 Å². The van der Waals surface area contributed by atoms with Gasteiger partial charge >= 0.3 is 0 Å². The number of anilines is 1. The number of carbonyl (C=O) groups excluding carboxylic acids is 2. The molecule has 0 unspecified atom stereocenters. The number of ether oxygens (including phenoxy) is 6. The number of rotatable bonds is 29. The van der Waals surface area contributed by atoms with E-state index in [1.165, 1.54) is 18.7 Å². The highest BCUT2D eigenvalue weighted by atomic mass is 35.5. The number of nitrogens with one attached hydrogen (secondary N) is 3. The van der Waals surface area contributed by atoms with E-state index in [1.807, 2.05) is 24.3 Å². The van der Waals surface area contributed by atoms with Crippen molar-refractivity contribution in [2.45, 2.75) is 50.4 Å². The number of aromatic amines is 1. The number of carbonyl (C=O) groups is 2. The number of hydrogen-bond donors (Lipinski definition) is 4. The molecule has 2 aromatic heterocycles. The van der Waals surface area contributed by atoms with Crippen molar-refractivity contribution in [3.63, 3.8) is 0 Å². The van der Waals surface area contributed by atoms with Gasteiger partial charge in [-0.2, -0.15) is 4.98 Å². The van der Waals surface area contributed by atoms with E-state index in [4.69, 9.17) is 45.8 Å². The number of hydrogen-bond acceptors (Lipinski definition) is 13. The molecule has 2 heterocycles. The summed E-state index contributed by atoms with van der Waals surface area (Å²) in [6.45, 7) is 6.59. The molecule has 2 amide bonds. The number of unbranched alkanes of at least 4 members (excludes halogenated alkanes) is 3. The van der Waals surface area contributed by atoms with Gasteiger partial charge in [-0.15, -0.1) is 11.6 Å². The first-order valence-electron chi connectivity index (χ1n) is 17.3. The minimum absolute atomic E-state index is 0.0434. The highest BCUT2D eigenvalue weighted by Crippen LogP contribution is 2.24. The molecule has 0 aliphatic carbocycles. The largest absolute Gasteiger partial charge is 0.497 e. The monoisotopic (exact) mass is 769 g/mol. The Morgan fingerprint density at radius 3 is 2.08 bits per heavy atom. The maximum atomic E-state index is 13.0. The van der Waals surface area contributed by atoms with Gasteiger partial charge in [0, 0.05) is 31.7 Å². The van der Waals surface area contributed by atoms with Crippen LogP contribution in [0.1, 0.15) is 38.2 Å². The molecule has 0 aliphatic rings. The van der Waals surface area contributed by atoms with Crippen LogP contribution in [0, 0.1) is 0 Å². The number of nitrogens with two attached hydrogens (primary N) is 1. The predicted molar refractivity (Wildman–Crippen MR) is 199 cm³/mol. The number of fused-ring (bicyclic) bond motifs is 1. The predicted octanol–water partition coefficient (Wildman–Crippen LogP) is 2.35. The van der Waals surface area contributed by atoms with Gasteiger partial charge in [0.2, 0.25) is 17.8 Å². The van der Waals surface area contributed by atoms with E-state index in [0.29, 0.717) is 76.0 Å². The smallest absolute Gasteiger partial charge is 0.280 e. The van der Waals surface area contributed by atoms with E-state index in [-0.39, 0.29) is 42.2 Å². The zero-order valence-electron chi connectivity index (χ0n) is 30.0. The lowest BCUT2D eigenvalue weighted by molar-refractivity contribution is -0.127. The average Bonchev–Trinajstić information content (AvgIpc) is 3.47. The Labute approximate surface area is 313 Å². The third kappa shape index (κ3) is 16.5. The number of aromatic nitrogens is 4. The molecule has 52 heavy (non-hydrogen) atoms. The topological polar surface area (TPSA) is 203 Å². The lowest BCUT2D eigenvalue weighted by Gasteiger charge is -2.17. The number of thioether (sulfide) groups is 1. The third-order valence-electron chi connectivity index (χ3n) is 7.37. The lowest BCUT2D eigenvalue weighted by atomic mass is 10.2. The van der Waals surface area contributed by atoms with Gasteiger partial charge in [0.15, 0.2) is 16.3 Å². The van der Waals surface area contributed by atoms with Crippen LogP contribution in [0.25, 0.3) is 11.2 Å². The summed E-state index contributed by atoms with van der Waals surface area (Å²) >= 11 is 6.87. The van der Waals surface area contributed by atoms with Gasteiger partial charge < -0.3 is 44.8 Å². The highest BCUT2D eigenvalue weighted by molar-refractivity contribution is 7.99. The first kappa shape index (κ1) is 43.0. The summed E-state index contributed by atoms with van der Waals surface area (Å²) in [6.07, 6.45) is 4.38. The molecule has 0 saturated heterocycles. The molecular weight excluding hydrogens is 718 g/mol. The molecule has 0 radical (unpaired) electrons. The zero-order valence-corrected chi connectivity index (χ0v) is 31.6. The normalized spacial score (nSPS) is 11.9. The van der Waals surface area contributed by atoms with Gasteiger partial charge in [0.05, 0.1) is 73.1 Å². The minimum Gasteiger partial charge on any atom is -0.497 e. The molecule has 290 valence electrons. The first-order chi connectivity index (χ1) is 25.3. The number of imidazole rings is 1. The summed E-state index contributed by atoms with van der Waals surface area (Å²) in [5.41, 5.74) is 6.67. The Kier molecular flexibility index (Phi) is 21.1. The Hall–Kier alpha value is -3.45. The van der Waals surface area contributed by atoms with Crippen molar-refractivity contribution in [1.29, 1.82) is 0 Å². The molecule has 3 rings (SSSR count). The van der Waals surface area contributed by atoms with Gasteiger partial charge in [0.25, 0.3) is 5.56 Å². The number of benzene rings is 1. The zero-order chi connectivity index (χ0) is 37.4. The molecule has 16 nitrogen and oxygen atoms in total. The Morgan fingerprint density at radius 1 is 0.885 bits per heavy atom. The molecule has 5 N–H and O–H groups in total. The molecule has 1 atom stereocenters. The number of nitrogens with zero attached hydrogens (tertiary/aromatic N) is 3. The number of H-pyrrole nitrogens is 1. The van der Waals surface area contributed by atoms with Crippen LogP contribution in [-0.2, 0) is 39.8 Å². The second kappa shape index (κ2) is 25.5. The van der Waals surface area contributed by atoms with Crippen LogP contribution < -0.4 is 26.7 Å². The molecule has 0 aliphatic heterocycles. The Bertz CT molecular complexity index is 1530. The van der Waals surface area contributed by atoms with Crippen molar-refractivity contribution in [1.82, 2.24) is 30.2 Å². The van der Waals surface area contributed by atoms with Crippen molar-refractivity contribution in [2.75, 3.05) is 97.1 Å². The van der Waals surface area contributed by atoms with E-state index < -0.39 is 11.6 Å². The number of halogens is 1. The van der Waals surface area contributed by atoms with Crippen LogP contribution in [0.5, 0.6) is 5.75 Å². The third-order valence-corrected chi connectivity index (χ3v) is 8.70. The van der Waals surface area contributed by atoms with E-state index >= 15 is 0 Å². The van der Waals surface area contributed by atoms with E-state index in [2.05, 4.69) is 25.6 Å². The average molecular weight is 770 g/mol. The van der Waals surface area contributed by atoms with Gasteiger partial charge in [0.1, 0.15) is 11.8 Å². The highest BCUT2D eigenvalue weighted by Gasteiger charge is 2.23.